The molecule has 3 heterocycles. The van der Waals surface area contributed by atoms with E-state index >= 15 is 0 Å². The Labute approximate surface area is 167 Å². The molecule has 8 heteroatoms. The number of nitrogens with one attached hydrogen (secondary N) is 2. The lowest BCUT2D eigenvalue weighted by atomic mass is 10.0. The number of carbonyl (C=O) groups is 1. The van der Waals surface area contributed by atoms with Gasteiger partial charge >= 0.3 is 6.03 Å². The molecule has 1 aliphatic heterocycles. The molecule has 0 aliphatic carbocycles. The molecule has 29 heavy (non-hydrogen) atoms. The molecule has 2 aromatic heterocycles. The monoisotopic (exact) mass is 395 g/mol. The standard InChI is InChI=1S/C21H22FN5O2/c22-17-4-1-3-16-18(5-2-14-29-20(16)17)24-21(28)25-19-9-13-27(26-19)12-8-15-6-10-23-11-7-15/h1,3-4,6-7,9-11,13,18H,2,5,8,12,14H2,(H2,24,25,26,28). The lowest BCUT2D eigenvalue weighted by molar-refractivity contribution is 0.247. The SMILES string of the molecule is O=C(Nc1ccn(CCc2ccncc2)n1)NC1CCCOc2c(F)cccc21. The van der Waals surface area contributed by atoms with Crippen LogP contribution < -0.4 is 15.4 Å². The average molecular weight is 395 g/mol. The summed E-state index contributed by atoms with van der Waals surface area (Å²) in [4.78, 5) is 16.5. The van der Waals surface area contributed by atoms with Gasteiger partial charge < -0.3 is 10.1 Å². The van der Waals surface area contributed by atoms with Crippen LogP contribution in [0.3, 0.4) is 0 Å². The number of rotatable bonds is 5. The van der Waals surface area contributed by atoms with Crippen LogP contribution in [-0.2, 0) is 13.0 Å². The number of amides is 2. The fourth-order valence-electron chi connectivity index (χ4n) is 3.38. The first-order valence-corrected chi connectivity index (χ1v) is 9.60. The van der Waals surface area contributed by atoms with Crippen LogP contribution in [0.5, 0.6) is 5.75 Å². The molecular weight excluding hydrogens is 373 g/mol. The number of aromatic nitrogens is 3. The summed E-state index contributed by atoms with van der Waals surface area (Å²) in [7, 11) is 0. The Kier molecular flexibility index (Phi) is 5.69. The van der Waals surface area contributed by atoms with E-state index in [-0.39, 0.29) is 17.8 Å². The first kappa shape index (κ1) is 18.9. The molecule has 0 saturated heterocycles. The molecule has 0 saturated carbocycles. The Morgan fingerprint density at radius 1 is 1.24 bits per heavy atom. The molecule has 2 amide bonds. The van der Waals surface area contributed by atoms with Crippen molar-refractivity contribution < 1.29 is 13.9 Å². The fourth-order valence-corrected chi connectivity index (χ4v) is 3.38. The van der Waals surface area contributed by atoms with Gasteiger partial charge in [-0.2, -0.15) is 5.10 Å². The number of para-hydroxylation sites is 1. The van der Waals surface area contributed by atoms with E-state index in [9.17, 15) is 9.18 Å². The number of hydrogen-bond donors (Lipinski definition) is 2. The number of pyridine rings is 1. The van der Waals surface area contributed by atoms with E-state index in [1.165, 1.54) is 11.6 Å². The van der Waals surface area contributed by atoms with Gasteiger partial charge in [0.25, 0.3) is 0 Å². The normalized spacial score (nSPS) is 15.7. The third kappa shape index (κ3) is 4.71. The maximum absolute atomic E-state index is 14.0. The average Bonchev–Trinajstić information content (AvgIpc) is 3.07. The van der Waals surface area contributed by atoms with E-state index in [1.54, 1.807) is 35.3 Å². The summed E-state index contributed by atoms with van der Waals surface area (Å²) in [6.07, 6.45) is 7.56. The number of benzene rings is 1. The van der Waals surface area contributed by atoms with E-state index in [1.807, 2.05) is 18.3 Å². The van der Waals surface area contributed by atoms with E-state index < -0.39 is 5.82 Å². The lowest BCUT2D eigenvalue weighted by Gasteiger charge is -2.18. The number of anilines is 1. The van der Waals surface area contributed by atoms with Gasteiger partial charge in [0.2, 0.25) is 0 Å². The molecule has 1 aromatic carbocycles. The molecule has 4 rings (SSSR count). The van der Waals surface area contributed by atoms with Crippen LogP contribution in [0.15, 0.2) is 55.0 Å². The number of hydrogen-bond acceptors (Lipinski definition) is 4. The molecule has 1 atom stereocenters. The fraction of sp³-hybridized carbons (Fsp3) is 0.286. The third-order valence-corrected chi connectivity index (χ3v) is 4.82. The molecule has 7 nitrogen and oxygen atoms in total. The van der Waals surface area contributed by atoms with E-state index in [0.717, 1.165) is 12.8 Å². The maximum Gasteiger partial charge on any atom is 0.320 e. The zero-order valence-electron chi connectivity index (χ0n) is 15.8. The zero-order chi connectivity index (χ0) is 20.1. The molecular formula is C21H22FN5O2. The molecule has 1 aliphatic rings. The minimum absolute atomic E-state index is 0.218. The Balaban J connectivity index is 1.36. The van der Waals surface area contributed by atoms with Gasteiger partial charge in [-0.1, -0.05) is 12.1 Å². The summed E-state index contributed by atoms with van der Waals surface area (Å²) in [6, 6.07) is 9.74. The van der Waals surface area contributed by atoms with Crippen molar-refractivity contribution in [3.05, 3.63) is 71.9 Å². The maximum atomic E-state index is 14.0. The smallest absolute Gasteiger partial charge is 0.320 e. The summed E-state index contributed by atoms with van der Waals surface area (Å²) in [6.45, 7) is 1.12. The van der Waals surface area contributed by atoms with Crippen molar-refractivity contribution in [3.63, 3.8) is 0 Å². The zero-order valence-corrected chi connectivity index (χ0v) is 15.8. The molecule has 0 bridgehead atoms. The summed E-state index contributed by atoms with van der Waals surface area (Å²) in [5, 5.41) is 10.0. The van der Waals surface area contributed by atoms with Gasteiger partial charge in [-0.3, -0.25) is 15.0 Å². The largest absolute Gasteiger partial charge is 0.490 e. The Bertz CT molecular complexity index is 976. The predicted molar refractivity (Wildman–Crippen MR) is 106 cm³/mol. The quantitative estimate of drug-likeness (QED) is 0.690. The van der Waals surface area contributed by atoms with Crippen LogP contribution in [0.25, 0.3) is 0 Å². The highest BCUT2D eigenvalue weighted by Crippen LogP contribution is 2.33. The Morgan fingerprint density at radius 2 is 2.10 bits per heavy atom. The molecule has 0 radical (unpaired) electrons. The van der Waals surface area contributed by atoms with Crippen molar-refractivity contribution in [2.45, 2.75) is 31.8 Å². The molecule has 2 N–H and O–H groups in total. The Morgan fingerprint density at radius 3 is 2.97 bits per heavy atom. The molecule has 0 spiro atoms. The van der Waals surface area contributed by atoms with Crippen molar-refractivity contribution >= 4 is 11.8 Å². The highest BCUT2D eigenvalue weighted by Gasteiger charge is 2.24. The summed E-state index contributed by atoms with van der Waals surface area (Å²) >= 11 is 0. The first-order chi connectivity index (χ1) is 14.2. The van der Waals surface area contributed by atoms with Crippen molar-refractivity contribution in [1.82, 2.24) is 20.1 Å². The Hall–Kier alpha value is -3.42. The van der Waals surface area contributed by atoms with Gasteiger partial charge in [0.15, 0.2) is 17.4 Å². The molecule has 1 unspecified atom stereocenters. The molecule has 3 aromatic rings. The number of aryl methyl sites for hydroxylation is 2. The van der Waals surface area contributed by atoms with Crippen LogP contribution in [0.1, 0.15) is 30.0 Å². The minimum atomic E-state index is -0.412. The second-order valence-corrected chi connectivity index (χ2v) is 6.87. The molecule has 0 fully saturated rings. The van der Waals surface area contributed by atoms with Crippen molar-refractivity contribution in [1.29, 1.82) is 0 Å². The number of fused-ring (bicyclic) bond motifs is 1. The van der Waals surface area contributed by atoms with Gasteiger partial charge in [-0.15, -0.1) is 0 Å². The van der Waals surface area contributed by atoms with Gasteiger partial charge in [-0.05, 0) is 43.0 Å². The number of urea groups is 1. The van der Waals surface area contributed by atoms with Crippen LogP contribution in [0.2, 0.25) is 0 Å². The summed E-state index contributed by atoms with van der Waals surface area (Å²) in [5.74, 6) is 0.266. The first-order valence-electron chi connectivity index (χ1n) is 9.60. The summed E-state index contributed by atoms with van der Waals surface area (Å²) in [5.41, 5.74) is 1.82. The van der Waals surface area contributed by atoms with Gasteiger partial charge in [0, 0.05) is 36.8 Å². The van der Waals surface area contributed by atoms with Crippen molar-refractivity contribution in [3.8, 4) is 5.75 Å². The third-order valence-electron chi connectivity index (χ3n) is 4.82. The van der Waals surface area contributed by atoms with Gasteiger partial charge in [0.05, 0.1) is 12.6 Å². The number of ether oxygens (including phenoxy) is 1. The van der Waals surface area contributed by atoms with Crippen molar-refractivity contribution in [2.24, 2.45) is 0 Å². The lowest BCUT2D eigenvalue weighted by Crippen LogP contribution is -2.32. The number of nitrogens with zero attached hydrogens (tertiary/aromatic N) is 3. The topological polar surface area (TPSA) is 81.1 Å². The highest BCUT2D eigenvalue weighted by atomic mass is 19.1. The van der Waals surface area contributed by atoms with E-state index in [0.29, 0.717) is 31.0 Å². The number of carbonyl (C=O) groups excluding carboxylic acids is 1. The van der Waals surface area contributed by atoms with Gasteiger partial charge in [-0.25, -0.2) is 9.18 Å². The van der Waals surface area contributed by atoms with Gasteiger partial charge in [0.1, 0.15) is 0 Å². The van der Waals surface area contributed by atoms with Crippen LogP contribution >= 0.6 is 0 Å². The van der Waals surface area contributed by atoms with E-state index in [4.69, 9.17) is 4.74 Å². The van der Waals surface area contributed by atoms with E-state index in [2.05, 4.69) is 20.7 Å². The predicted octanol–water partition coefficient (Wildman–Crippen LogP) is 3.70. The second kappa shape index (κ2) is 8.72. The van der Waals surface area contributed by atoms with Crippen LogP contribution in [0, 0.1) is 5.82 Å². The number of halogens is 1. The van der Waals surface area contributed by atoms with Crippen LogP contribution in [0.4, 0.5) is 15.0 Å². The second-order valence-electron chi connectivity index (χ2n) is 6.87. The molecule has 150 valence electrons. The summed E-state index contributed by atoms with van der Waals surface area (Å²) < 4.78 is 21.3. The minimum Gasteiger partial charge on any atom is -0.490 e. The van der Waals surface area contributed by atoms with Crippen molar-refractivity contribution in [2.75, 3.05) is 11.9 Å². The van der Waals surface area contributed by atoms with Crippen LogP contribution in [-0.4, -0.2) is 27.4 Å². The highest BCUT2D eigenvalue weighted by molar-refractivity contribution is 5.88.